The number of piperazine rings is 2. The van der Waals surface area contributed by atoms with Crippen molar-refractivity contribution in [3.63, 3.8) is 0 Å². The van der Waals surface area contributed by atoms with Gasteiger partial charge >= 0.3 is 12.4 Å². The van der Waals surface area contributed by atoms with Gasteiger partial charge in [0.05, 0.1) is 11.4 Å². The summed E-state index contributed by atoms with van der Waals surface area (Å²) in [4.78, 5) is 3.72. The first kappa shape index (κ1) is 52.7. The van der Waals surface area contributed by atoms with Gasteiger partial charge in [0.25, 0.3) is 0 Å². The topological polar surface area (TPSA) is 138 Å². The molecular weight excluding hydrogens is 846 g/mol. The lowest BCUT2D eigenvalue weighted by molar-refractivity contribution is -0.141. The molecule has 2 aliphatic rings. The van der Waals surface area contributed by atoms with Gasteiger partial charge in [0.15, 0.2) is 23.0 Å². The van der Waals surface area contributed by atoms with Crippen LogP contribution in [0.5, 0.6) is 0 Å². The van der Waals surface area contributed by atoms with Crippen LogP contribution in [0.15, 0.2) is 60.7 Å². The smallest absolute Gasteiger partial charge is 0.412 e. The van der Waals surface area contributed by atoms with Crippen LogP contribution in [0.1, 0.15) is 11.4 Å². The summed E-state index contributed by atoms with van der Waals surface area (Å²) >= 11 is 0. The Kier molecular flexibility index (Phi) is 22.9. The van der Waals surface area contributed by atoms with Crippen molar-refractivity contribution in [3.8, 4) is 0 Å². The van der Waals surface area contributed by atoms with Gasteiger partial charge in [-0.2, -0.15) is 26.3 Å². The highest BCUT2D eigenvalue weighted by Crippen LogP contribution is 2.37. The van der Waals surface area contributed by atoms with Gasteiger partial charge in [0.2, 0.25) is 0 Å². The first-order valence-corrected chi connectivity index (χ1v) is 14.7. The van der Waals surface area contributed by atoms with Crippen LogP contribution in [-0.4, -0.2) is 78.2 Å². The summed E-state index contributed by atoms with van der Waals surface area (Å²) in [5, 5.41) is 25.8. The Morgan fingerprint density at radius 1 is 0.500 bits per heavy atom. The summed E-state index contributed by atoms with van der Waals surface area (Å²) in [6.07, 6.45) is -9.28. The van der Waals surface area contributed by atoms with Crippen LogP contribution in [0.3, 0.4) is 0 Å². The second-order valence-electron chi connectivity index (χ2n) is 10.7. The van der Waals surface area contributed by atoms with Crippen LogP contribution in [0.4, 0.5) is 69.5 Å². The van der Waals surface area contributed by atoms with Gasteiger partial charge in [-0.3, -0.25) is 0 Å². The number of benzene rings is 2. The molecule has 0 radical (unpaired) electrons. The number of aromatic nitrogens is 4. The average molecular weight is 883 g/mol. The highest BCUT2D eigenvalue weighted by atomic mass is 35.5. The van der Waals surface area contributed by atoms with Crippen molar-refractivity contribution >= 4 is 96.4 Å². The number of halogens is 13. The molecule has 0 saturated carbocycles. The van der Waals surface area contributed by atoms with Crippen LogP contribution in [0, 0.1) is 11.6 Å². The second-order valence-corrected chi connectivity index (χ2v) is 10.7. The van der Waals surface area contributed by atoms with Gasteiger partial charge in [-0.25, -0.2) is 8.78 Å². The molecule has 0 atom stereocenters. The summed E-state index contributed by atoms with van der Waals surface area (Å²) in [7, 11) is 0. The first-order valence-electron chi connectivity index (χ1n) is 14.7. The van der Waals surface area contributed by atoms with Gasteiger partial charge < -0.3 is 36.5 Å². The highest BCUT2D eigenvalue weighted by Gasteiger charge is 2.38. The molecule has 4 heterocycles. The minimum absolute atomic E-state index is 0. The van der Waals surface area contributed by atoms with E-state index in [9.17, 15) is 35.1 Å². The molecule has 0 spiro atoms. The van der Waals surface area contributed by atoms with Gasteiger partial charge in [-0.05, 0) is 48.5 Å². The van der Waals surface area contributed by atoms with Crippen LogP contribution < -0.4 is 31.1 Å². The average Bonchev–Trinajstić information content (AvgIpc) is 3.07. The molecule has 2 aliphatic heterocycles. The lowest BCUT2D eigenvalue weighted by atomic mass is 10.2. The molecule has 2 saturated heterocycles. The Labute approximate surface area is 335 Å². The minimum Gasteiger partial charge on any atom is -0.412 e. The normalized spacial score (nSPS) is 13.7. The number of alkyl halides is 6. The number of nitrogens with zero attached hydrogens (tertiary/aromatic N) is 6. The number of nitrogens with one attached hydrogen (secondary N) is 4. The molecule has 0 unspecified atom stereocenters. The summed E-state index contributed by atoms with van der Waals surface area (Å²) in [5.41, 5.74) is -1.96. The van der Waals surface area contributed by atoms with E-state index >= 15 is 0 Å². The summed E-state index contributed by atoms with van der Waals surface area (Å²) < 4.78 is 105. The van der Waals surface area contributed by atoms with Gasteiger partial charge in [0.1, 0.15) is 11.6 Å². The molecule has 2 fully saturated rings. The largest absolute Gasteiger partial charge is 0.437 e. The molecule has 2 aromatic heterocycles. The fourth-order valence-corrected chi connectivity index (χ4v) is 4.85. The van der Waals surface area contributed by atoms with Crippen molar-refractivity contribution in [3.05, 3.63) is 83.7 Å². The maximum absolute atomic E-state index is 13.2. The molecule has 0 aliphatic carbocycles. The molecular formula is C30H37Cl5F8N10O. The maximum atomic E-state index is 13.2. The van der Waals surface area contributed by atoms with E-state index in [1.54, 1.807) is 0 Å². The molecule has 2 aromatic carbocycles. The molecule has 6 rings (SSSR count). The number of hydrogen-bond donors (Lipinski definition) is 4. The van der Waals surface area contributed by atoms with Gasteiger partial charge in [-0.1, -0.05) is 0 Å². The van der Waals surface area contributed by atoms with Crippen molar-refractivity contribution in [1.82, 2.24) is 31.0 Å². The second kappa shape index (κ2) is 23.5. The number of hydrogen-bond acceptors (Lipinski definition) is 10. The van der Waals surface area contributed by atoms with Gasteiger partial charge in [0, 0.05) is 75.9 Å². The molecule has 304 valence electrons. The summed E-state index contributed by atoms with van der Waals surface area (Å²) in [6, 6.07) is 12.8. The first-order chi connectivity index (χ1) is 22.9. The monoisotopic (exact) mass is 880 g/mol. The molecule has 11 nitrogen and oxygen atoms in total. The predicted octanol–water partition coefficient (Wildman–Crippen LogP) is 6.86. The molecule has 24 heteroatoms. The SMILES string of the molecule is Cl.Cl.Cl.Cl.Cl.Fc1ccc(Nc2cc(N3CCNCC3)nnc2C(F)(F)F)cc1.Fc1ccc(Nc2cc(N3CCNCC3)nnc2C(F)(F)F)cc1.O. The molecule has 0 bridgehead atoms. The third kappa shape index (κ3) is 14.7. The van der Waals surface area contributed by atoms with Crippen LogP contribution in [0.25, 0.3) is 0 Å². The Bertz CT molecular complexity index is 1550. The van der Waals surface area contributed by atoms with E-state index in [4.69, 9.17) is 0 Å². The Morgan fingerprint density at radius 2 is 0.796 bits per heavy atom. The van der Waals surface area contributed by atoms with E-state index in [1.165, 1.54) is 60.7 Å². The van der Waals surface area contributed by atoms with Crippen molar-refractivity contribution < 1.29 is 40.6 Å². The third-order valence-corrected chi connectivity index (χ3v) is 7.23. The van der Waals surface area contributed by atoms with Crippen LogP contribution >= 0.6 is 62.0 Å². The number of anilines is 6. The lowest BCUT2D eigenvalue weighted by Gasteiger charge is -2.28. The molecule has 54 heavy (non-hydrogen) atoms. The van der Waals surface area contributed by atoms with Crippen LogP contribution in [-0.2, 0) is 12.4 Å². The predicted molar refractivity (Wildman–Crippen MR) is 203 cm³/mol. The van der Waals surface area contributed by atoms with Crippen molar-refractivity contribution in [2.75, 3.05) is 72.8 Å². The molecule has 0 amide bonds. The third-order valence-electron chi connectivity index (χ3n) is 7.23. The van der Waals surface area contributed by atoms with E-state index in [0.717, 1.165) is 26.2 Å². The van der Waals surface area contributed by atoms with E-state index in [1.807, 2.05) is 9.80 Å². The maximum Gasteiger partial charge on any atom is 0.437 e. The quantitative estimate of drug-likeness (QED) is 0.152. The van der Waals surface area contributed by atoms with Crippen molar-refractivity contribution in [2.24, 2.45) is 0 Å². The van der Waals surface area contributed by atoms with Crippen LogP contribution in [0.2, 0.25) is 0 Å². The minimum atomic E-state index is -4.64. The van der Waals surface area contributed by atoms with Crippen molar-refractivity contribution in [1.29, 1.82) is 0 Å². The fraction of sp³-hybridized carbons (Fsp3) is 0.333. The van der Waals surface area contributed by atoms with Crippen molar-refractivity contribution in [2.45, 2.75) is 12.4 Å². The van der Waals surface area contributed by atoms with Gasteiger partial charge in [-0.15, -0.1) is 82.4 Å². The van der Waals surface area contributed by atoms with E-state index in [-0.39, 0.29) is 78.9 Å². The standard InChI is InChI=1S/2C15H15F4N5.5ClH.H2O/c2*16-10-1-3-11(4-2-10)21-12-9-13(24-7-5-20-6-8-24)22-23-14(12)15(17,18)19;;;;;;/h2*1-4,9,20H,5-8H2,(H,21,22);5*1H;1H2. The lowest BCUT2D eigenvalue weighted by Crippen LogP contribution is -2.44. The Hall–Kier alpha value is -3.43. The Morgan fingerprint density at radius 3 is 1.07 bits per heavy atom. The Balaban J connectivity index is 0. The molecule has 4 aromatic rings. The number of rotatable bonds is 6. The zero-order valence-corrected chi connectivity index (χ0v) is 31.8. The van der Waals surface area contributed by atoms with E-state index in [2.05, 4.69) is 41.7 Å². The zero-order chi connectivity index (χ0) is 34.3. The highest BCUT2D eigenvalue weighted by molar-refractivity contribution is 5.86. The summed E-state index contributed by atoms with van der Waals surface area (Å²) in [5.74, 6) is -0.194. The molecule has 6 N–H and O–H groups in total. The van der Waals surface area contributed by atoms with E-state index < -0.39 is 35.4 Å². The van der Waals surface area contributed by atoms with E-state index in [0.29, 0.717) is 49.2 Å². The fourth-order valence-electron chi connectivity index (χ4n) is 4.85. The zero-order valence-electron chi connectivity index (χ0n) is 27.7. The summed E-state index contributed by atoms with van der Waals surface area (Å²) in [6.45, 7) is 5.44.